The fraction of sp³-hybridized carbons (Fsp3) is 0.333. The largest absolute Gasteiger partial charge is 0.384 e. The van der Waals surface area contributed by atoms with Crippen LogP contribution in [0.15, 0.2) is 91.0 Å². The second kappa shape index (κ2) is 9.87. The number of aliphatic hydroxyl groups is 1. The lowest BCUT2D eigenvalue weighted by atomic mass is 9.82. The van der Waals surface area contributed by atoms with E-state index in [9.17, 15) is 5.11 Å². The molecule has 0 radical (unpaired) electrons. The second-order valence-corrected chi connectivity index (χ2v) is 8.54. The molecule has 2 atom stereocenters. The van der Waals surface area contributed by atoms with Crippen molar-refractivity contribution in [1.82, 2.24) is 4.90 Å². The van der Waals surface area contributed by atoms with Crippen LogP contribution >= 0.6 is 0 Å². The van der Waals surface area contributed by atoms with Gasteiger partial charge in [-0.2, -0.15) is 0 Å². The molecule has 152 valence electrons. The molecule has 0 spiro atoms. The van der Waals surface area contributed by atoms with Crippen LogP contribution in [0.4, 0.5) is 0 Å². The first-order chi connectivity index (χ1) is 14.0. The molecule has 3 aromatic rings. The van der Waals surface area contributed by atoms with Crippen molar-refractivity contribution in [3.63, 3.8) is 0 Å². The van der Waals surface area contributed by atoms with Crippen LogP contribution in [-0.2, 0) is 18.7 Å². The Morgan fingerprint density at radius 2 is 1.14 bits per heavy atom. The van der Waals surface area contributed by atoms with Gasteiger partial charge in [0.1, 0.15) is 5.60 Å². The molecular weight excluding hydrogens is 354 g/mol. The molecule has 0 bridgehead atoms. The highest BCUT2D eigenvalue weighted by Gasteiger charge is 2.38. The summed E-state index contributed by atoms with van der Waals surface area (Å²) in [5, 5.41) is 11.8. The first-order valence-corrected chi connectivity index (χ1v) is 10.6. The third kappa shape index (κ3) is 5.79. The third-order valence-corrected chi connectivity index (χ3v) is 5.60. The zero-order valence-electron chi connectivity index (χ0n) is 17.8. The van der Waals surface area contributed by atoms with E-state index in [0.717, 1.165) is 25.1 Å². The molecule has 2 nitrogen and oxygen atoms in total. The molecule has 0 fully saturated rings. The zero-order valence-corrected chi connectivity index (χ0v) is 17.8. The first-order valence-electron chi connectivity index (χ1n) is 10.6. The maximum atomic E-state index is 11.8. The summed E-state index contributed by atoms with van der Waals surface area (Å²) in [7, 11) is 0. The summed E-state index contributed by atoms with van der Waals surface area (Å²) < 4.78 is 0. The van der Waals surface area contributed by atoms with E-state index in [-0.39, 0.29) is 6.04 Å². The van der Waals surface area contributed by atoms with Crippen LogP contribution in [0.1, 0.15) is 43.9 Å². The maximum absolute atomic E-state index is 11.8. The normalized spacial score (nSPS) is 14.7. The lowest BCUT2D eigenvalue weighted by molar-refractivity contribution is -0.0539. The Labute approximate surface area is 175 Å². The summed E-state index contributed by atoms with van der Waals surface area (Å²) >= 11 is 0. The van der Waals surface area contributed by atoms with E-state index >= 15 is 0 Å². The number of hydrogen-bond acceptors (Lipinski definition) is 2. The standard InChI is InChI=1S/C27H33NO/c1-22(2)19-26(27(3,29)25-17-11-6-12-18-25)28(20-23-13-7-4-8-14-23)21-24-15-9-5-10-16-24/h4-18,22,26,29H,19-21H2,1-3H3/t26-,27+/m0/s1. The Hall–Kier alpha value is -2.42. The van der Waals surface area contributed by atoms with Crippen molar-refractivity contribution >= 4 is 0 Å². The predicted octanol–water partition coefficient (Wildman–Crippen LogP) is 6.01. The van der Waals surface area contributed by atoms with Gasteiger partial charge in [-0.1, -0.05) is 105 Å². The van der Waals surface area contributed by atoms with Gasteiger partial charge in [0.15, 0.2) is 0 Å². The minimum Gasteiger partial charge on any atom is -0.384 e. The van der Waals surface area contributed by atoms with Gasteiger partial charge < -0.3 is 5.11 Å². The summed E-state index contributed by atoms with van der Waals surface area (Å²) in [5.41, 5.74) is 2.55. The average Bonchev–Trinajstić information content (AvgIpc) is 2.73. The van der Waals surface area contributed by atoms with Crippen LogP contribution in [0.3, 0.4) is 0 Å². The van der Waals surface area contributed by atoms with Crippen molar-refractivity contribution in [2.24, 2.45) is 5.92 Å². The van der Waals surface area contributed by atoms with E-state index in [1.165, 1.54) is 11.1 Å². The topological polar surface area (TPSA) is 23.5 Å². The van der Waals surface area contributed by atoms with E-state index in [4.69, 9.17) is 0 Å². The van der Waals surface area contributed by atoms with Crippen molar-refractivity contribution in [2.45, 2.75) is 51.9 Å². The fourth-order valence-electron chi connectivity index (χ4n) is 4.06. The molecule has 0 unspecified atom stereocenters. The van der Waals surface area contributed by atoms with E-state index in [1.54, 1.807) is 0 Å². The van der Waals surface area contributed by atoms with E-state index in [0.29, 0.717) is 5.92 Å². The first kappa shape index (κ1) is 21.3. The number of nitrogens with zero attached hydrogens (tertiary/aromatic N) is 1. The lowest BCUT2D eigenvalue weighted by Crippen LogP contribution is -2.49. The molecule has 3 rings (SSSR count). The Balaban J connectivity index is 1.99. The smallest absolute Gasteiger partial charge is 0.102 e. The van der Waals surface area contributed by atoms with Gasteiger partial charge in [-0.25, -0.2) is 0 Å². The Morgan fingerprint density at radius 3 is 1.55 bits per heavy atom. The molecule has 0 saturated carbocycles. The molecule has 0 aliphatic carbocycles. The van der Waals surface area contributed by atoms with Crippen LogP contribution < -0.4 is 0 Å². The van der Waals surface area contributed by atoms with Crippen molar-refractivity contribution in [2.75, 3.05) is 0 Å². The monoisotopic (exact) mass is 387 g/mol. The van der Waals surface area contributed by atoms with Crippen molar-refractivity contribution < 1.29 is 5.11 Å². The SMILES string of the molecule is CC(C)C[C@H](N(Cc1ccccc1)Cc1ccccc1)[C@](C)(O)c1ccccc1. The molecule has 0 heterocycles. The van der Waals surface area contributed by atoms with Crippen LogP contribution in [0, 0.1) is 5.92 Å². The summed E-state index contributed by atoms with van der Waals surface area (Å²) in [6.45, 7) is 8.04. The van der Waals surface area contributed by atoms with Gasteiger partial charge in [0.2, 0.25) is 0 Å². The van der Waals surface area contributed by atoms with Gasteiger partial charge in [0.25, 0.3) is 0 Å². The molecule has 3 aromatic carbocycles. The second-order valence-electron chi connectivity index (χ2n) is 8.54. The predicted molar refractivity (Wildman–Crippen MR) is 121 cm³/mol. The Bertz CT molecular complexity index is 802. The number of hydrogen-bond donors (Lipinski definition) is 1. The highest BCUT2D eigenvalue weighted by Crippen LogP contribution is 2.34. The van der Waals surface area contributed by atoms with Gasteiger partial charge in [-0.3, -0.25) is 4.90 Å². The molecule has 0 amide bonds. The Kier molecular flexibility index (Phi) is 7.24. The molecule has 0 aromatic heterocycles. The van der Waals surface area contributed by atoms with Gasteiger partial charge >= 0.3 is 0 Å². The molecule has 0 aliphatic heterocycles. The zero-order chi connectivity index (χ0) is 20.7. The minimum absolute atomic E-state index is 0.00897. The fourth-order valence-corrected chi connectivity index (χ4v) is 4.06. The minimum atomic E-state index is -0.949. The molecule has 0 aliphatic rings. The number of rotatable bonds is 9. The number of benzene rings is 3. The molecule has 1 N–H and O–H groups in total. The molecule has 29 heavy (non-hydrogen) atoms. The summed E-state index contributed by atoms with van der Waals surface area (Å²) in [4.78, 5) is 2.44. The van der Waals surface area contributed by atoms with E-state index in [1.807, 2.05) is 37.3 Å². The van der Waals surface area contributed by atoms with Crippen molar-refractivity contribution in [3.05, 3.63) is 108 Å². The van der Waals surface area contributed by atoms with Gasteiger partial charge in [0.05, 0.1) is 0 Å². The van der Waals surface area contributed by atoms with Gasteiger partial charge in [-0.15, -0.1) is 0 Å². The van der Waals surface area contributed by atoms with Gasteiger partial charge in [0, 0.05) is 19.1 Å². The highest BCUT2D eigenvalue weighted by atomic mass is 16.3. The summed E-state index contributed by atoms with van der Waals surface area (Å²) in [6.07, 6.45) is 0.918. The summed E-state index contributed by atoms with van der Waals surface area (Å²) in [6, 6.07) is 31.2. The van der Waals surface area contributed by atoms with Gasteiger partial charge in [-0.05, 0) is 36.0 Å². The lowest BCUT2D eigenvalue weighted by Gasteiger charge is -2.42. The highest BCUT2D eigenvalue weighted by molar-refractivity contribution is 5.25. The average molecular weight is 388 g/mol. The van der Waals surface area contributed by atoms with Crippen molar-refractivity contribution in [1.29, 1.82) is 0 Å². The van der Waals surface area contributed by atoms with Crippen molar-refractivity contribution in [3.8, 4) is 0 Å². The Morgan fingerprint density at radius 1 is 0.724 bits per heavy atom. The van der Waals surface area contributed by atoms with Crippen LogP contribution in [0.2, 0.25) is 0 Å². The van der Waals surface area contributed by atoms with E-state index < -0.39 is 5.60 Å². The quantitative estimate of drug-likeness (QED) is 0.486. The molecule has 0 saturated heterocycles. The third-order valence-electron chi connectivity index (χ3n) is 5.60. The van der Waals surface area contributed by atoms with Crippen LogP contribution in [0.25, 0.3) is 0 Å². The molecular formula is C27H33NO. The van der Waals surface area contributed by atoms with Crippen LogP contribution in [0.5, 0.6) is 0 Å². The molecule has 2 heteroatoms. The summed E-state index contributed by atoms with van der Waals surface area (Å²) in [5.74, 6) is 0.476. The van der Waals surface area contributed by atoms with E-state index in [2.05, 4.69) is 79.4 Å². The maximum Gasteiger partial charge on any atom is 0.102 e. The van der Waals surface area contributed by atoms with Crippen LogP contribution in [-0.4, -0.2) is 16.0 Å².